The molecule has 0 unspecified atom stereocenters. The van der Waals surface area contributed by atoms with Crippen molar-refractivity contribution in [2.45, 2.75) is 12.8 Å². The van der Waals surface area contributed by atoms with Gasteiger partial charge in [0.2, 0.25) is 5.91 Å². The fourth-order valence-corrected chi connectivity index (χ4v) is 2.88. The maximum atomic E-state index is 12.2. The molecule has 0 saturated heterocycles. The molecule has 174 valence electrons. The van der Waals surface area contributed by atoms with Crippen LogP contribution >= 0.6 is 24.0 Å². The highest BCUT2D eigenvalue weighted by Crippen LogP contribution is 2.07. The Morgan fingerprint density at radius 2 is 1.41 bits per heavy atom. The van der Waals surface area contributed by atoms with E-state index in [0.29, 0.717) is 24.6 Å². The number of nitrogens with zero attached hydrogens (tertiary/aromatic N) is 3. The minimum atomic E-state index is -0.0564. The van der Waals surface area contributed by atoms with Gasteiger partial charge in [-0.2, -0.15) is 0 Å². The molecule has 0 bridgehead atoms. The maximum Gasteiger partial charge on any atom is 0.253 e. The van der Waals surface area contributed by atoms with E-state index in [9.17, 15) is 9.59 Å². The van der Waals surface area contributed by atoms with Gasteiger partial charge in [0.25, 0.3) is 5.91 Å². The highest BCUT2D eigenvalue weighted by molar-refractivity contribution is 14.0. The lowest BCUT2D eigenvalue weighted by molar-refractivity contribution is -0.127. The van der Waals surface area contributed by atoms with Crippen LogP contribution in [0.1, 0.15) is 21.5 Å². The average molecular weight is 551 g/mol. The molecule has 0 aliphatic carbocycles. The summed E-state index contributed by atoms with van der Waals surface area (Å²) in [6, 6.07) is 17.9. The maximum absolute atomic E-state index is 12.2. The number of benzene rings is 2. The Morgan fingerprint density at radius 3 is 2.00 bits per heavy atom. The van der Waals surface area contributed by atoms with Crippen molar-refractivity contribution >= 4 is 41.8 Å². The predicted octanol–water partition coefficient (Wildman–Crippen LogP) is 2.42. The molecule has 0 aromatic heterocycles. The van der Waals surface area contributed by atoms with Gasteiger partial charge in [-0.1, -0.05) is 42.5 Å². The average Bonchev–Trinajstić information content (AvgIpc) is 2.77. The molecule has 0 aliphatic rings. The second-order valence-electron chi connectivity index (χ2n) is 7.69. The first kappa shape index (κ1) is 27.4. The molecule has 0 heterocycles. The summed E-state index contributed by atoms with van der Waals surface area (Å²) in [5.41, 5.74) is 2.98. The van der Waals surface area contributed by atoms with Crippen molar-refractivity contribution in [1.82, 2.24) is 20.4 Å². The number of carbonyl (C=O) groups is 2. The molecular formula is C24H34IN5O2. The van der Waals surface area contributed by atoms with E-state index < -0.39 is 0 Å². The van der Waals surface area contributed by atoms with Crippen molar-refractivity contribution in [2.24, 2.45) is 4.99 Å². The number of hydrogen-bond donors (Lipinski definition) is 2. The molecule has 0 saturated carbocycles. The van der Waals surface area contributed by atoms with Crippen LogP contribution in [0.4, 0.5) is 0 Å². The molecule has 0 fully saturated rings. The molecule has 2 aromatic rings. The largest absolute Gasteiger partial charge is 0.356 e. The number of aliphatic imine (C=N–C) groups is 1. The third-order valence-electron chi connectivity index (χ3n) is 4.71. The van der Waals surface area contributed by atoms with Gasteiger partial charge in [0.05, 0.1) is 0 Å². The van der Waals surface area contributed by atoms with E-state index in [-0.39, 0.29) is 42.3 Å². The van der Waals surface area contributed by atoms with Crippen molar-refractivity contribution in [2.75, 3.05) is 47.8 Å². The van der Waals surface area contributed by atoms with Crippen LogP contribution in [-0.2, 0) is 17.6 Å². The van der Waals surface area contributed by atoms with Crippen LogP contribution < -0.4 is 10.6 Å². The molecule has 32 heavy (non-hydrogen) atoms. The van der Waals surface area contributed by atoms with Crippen LogP contribution in [0.25, 0.3) is 0 Å². The Morgan fingerprint density at radius 1 is 0.812 bits per heavy atom. The zero-order valence-corrected chi connectivity index (χ0v) is 21.6. The van der Waals surface area contributed by atoms with Crippen molar-refractivity contribution < 1.29 is 9.59 Å². The van der Waals surface area contributed by atoms with Gasteiger partial charge in [0.1, 0.15) is 6.54 Å². The highest BCUT2D eigenvalue weighted by atomic mass is 127. The lowest BCUT2D eigenvalue weighted by Crippen LogP contribution is -2.40. The molecule has 0 spiro atoms. The van der Waals surface area contributed by atoms with E-state index in [2.05, 4.69) is 27.8 Å². The molecule has 0 aliphatic heterocycles. The third kappa shape index (κ3) is 9.67. The summed E-state index contributed by atoms with van der Waals surface area (Å²) in [6.45, 7) is 1.42. The SMILES string of the molecule is CN(C)C(=O)CN=C(NCCc1ccccc1)NCCc1cccc(C(=O)N(C)C)c1.I. The summed E-state index contributed by atoms with van der Waals surface area (Å²) in [6.07, 6.45) is 1.59. The molecule has 7 nitrogen and oxygen atoms in total. The zero-order chi connectivity index (χ0) is 22.6. The van der Waals surface area contributed by atoms with E-state index >= 15 is 0 Å². The summed E-state index contributed by atoms with van der Waals surface area (Å²) in [7, 11) is 6.93. The number of hydrogen-bond acceptors (Lipinski definition) is 3. The number of rotatable bonds is 9. The van der Waals surface area contributed by atoms with Gasteiger partial charge < -0.3 is 20.4 Å². The molecular weight excluding hydrogens is 517 g/mol. The van der Waals surface area contributed by atoms with E-state index in [0.717, 1.165) is 18.4 Å². The van der Waals surface area contributed by atoms with E-state index in [1.807, 2.05) is 42.5 Å². The molecule has 2 N–H and O–H groups in total. The van der Waals surface area contributed by atoms with Gasteiger partial charge >= 0.3 is 0 Å². The number of amides is 2. The molecule has 8 heteroatoms. The predicted molar refractivity (Wildman–Crippen MR) is 141 cm³/mol. The number of nitrogens with one attached hydrogen (secondary N) is 2. The lowest BCUT2D eigenvalue weighted by atomic mass is 10.1. The van der Waals surface area contributed by atoms with Gasteiger partial charge in [-0.25, -0.2) is 4.99 Å². The number of likely N-dealkylation sites (N-methyl/N-ethyl adjacent to an activating group) is 1. The summed E-state index contributed by atoms with van der Waals surface area (Å²) >= 11 is 0. The third-order valence-corrected chi connectivity index (χ3v) is 4.71. The Balaban J connectivity index is 0.00000512. The fourth-order valence-electron chi connectivity index (χ4n) is 2.88. The number of guanidine groups is 1. The Kier molecular flexibility index (Phi) is 12.4. The monoisotopic (exact) mass is 551 g/mol. The first-order chi connectivity index (χ1) is 14.9. The summed E-state index contributed by atoms with van der Waals surface area (Å²) in [4.78, 5) is 31.6. The summed E-state index contributed by atoms with van der Waals surface area (Å²) in [5, 5.41) is 6.59. The Bertz CT molecular complexity index is 885. The molecule has 0 radical (unpaired) electrons. The molecule has 2 rings (SSSR count). The van der Waals surface area contributed by atoms with Crippen molar-refractivity contribution in [3.05, 3.63) is 71.3 Å². The second-order valence-corrected chi connectivity index (χ2v) is 7.69. The minimum absolute atomic E-state index is 0. The van der Waals surface area contributed by atoms with E-state index in [1.54, 1.807) is 33.1 Å². The van der Waals surface area contributed by atoms with E-state index in [4.69, 9.17) is 0 Å². The van der Waals surface area contributed by atoms with Crippen LogP contribution in [0.2, 0.25) is 0 Å². The first-order valence-corrected chi connectivity index (χ1v) is 10.4. The molecule has 2 aromatic carbocycles. The van der Waals surface area contributed by atoms with Crippen LogP contribution in [0, 0.1) is 0 Å². The zero-order valence-electron chi connectivity index (χ0n) is 19.3. The van der Waals surface area contributed by atoms with Gasteiger partial charge in [-0.15, -0.1) is 24.0 Å². The first-order valence-electron chi connectivity index (χ1n) is 10.4. The van der Waals surface area contributed by atoms with Crippen LogP contribution in [-0.4, -0.2) is 75.4 Å². The van der Waals surface area contributed by atoms with Crippen LogP contribution in [0.5, 0.6) is 0 Å². The van der Waals surface area contributed by atoms with Crippen molar-refractivity contribution in [3.8, 4) is 0 Å². The van der Waals surface area contributed by atoms with Crippen LogP contribution in [0.15, 0.2) is 59.6 Å². The number of halogens is 1. The smallest absolute Gasteiger partial charge is 0.253 e. The second kappa shape index (κ2) is 14.4. The summed E-state index contributed by atoms with van der Waals surface area (Å²) < 4.78 is 0. The fraction of sp³-hybridized carbons (Fsp3) is 0.375. The Labute approximate surface area is 208 Å². The van der Waals surface area contributed by atoms with Crippen molar-refractivity contribution in [3.63, 3.8) is 0 Å². The molecule has 2 amide bonds. The van der Waals surface area contributed by atoms with E-state index in [1.165, 1.54) is 10.5 Å². The van der Waals surface area contributed by atoms with Gasteiger partial charge in [0.15, 0.2) is 5.96 Å². The van der Waals surface area contributed by atoms with Gasteiger partial charge in [0, 0.05) is 46.8 Å². The standard InChI is InChI=1S/C24H33N5O2.HI/c1-28(2)22(30)18-27-24(25-15-13-19-9-6-5-7-10-19)26-16-14-20-11-8-12-21(17-20)23(31)29(3)4;/h5-12,17H,13-16,18H2,1-4H3,(H2,25,26,27);1H. The molecule has 0 atom stereocenters. The quantitative estimate of drug-likeness (QED) is 0.285. The topological polar surface area (TPSA) is 77.0 Å². The minimum Gasteiger partial charge on any atom is -0.356 e. The lowest BCUT2D eigenvalue weighted by Gasteiger charge is -2.14. The summed E-state index contributed by atoms with van der Waals surface area (Å²) in [5.74, 6) is 0.535. The van der Waals surface area contributed by atoms with Gasteiger partial charge in [-0.3, -0.25) is 9.59 Å². The normalized spacial score (nSPS) is 10.7. The highest BCUT2D eigenvalue weighted by Gasteiger charge is 2.09. The Hall–Kier alpha value is -2.62. The van der Waals surface area contributed by atoms with Crippen molar-refractivity contribution in [1.29, 1.82) is 0 Å². The number of carbonyl (C=O) groups excluding carboxylic acids is 2. The van der Waals surface area contributed by atoms with Crippen LogP contribution in [0.3, 0.4) is 0 Å². The van der Waals surface area contributed by atoms with Gasteiger partial charge in [-0.05, 0) is 36.1 Å².